The number of anilines is 1. The van der Waals surface area contributed by atoms with Gasteiger partial charge in [0.15, 0.2) is 11.7 Å². The molecule has 7 heteroatoms. The van der Waals surface area contributed by atoms with Crippen LogP contribution in [0.1, 0.15) is 0 Å². The minimum atomic E-state index is -0.436. The SMILES string of the molecule is NC(=NO)C1CN(c2nncc3ccccc23)CCO1. The molecule has 1 saturated heterocycles. The highest BCUT2D eigenvalue weighted by Crippen LogP contribution is 2.24. The number of aromatic nitrogens is 2. The van der Waals surface area contributed by atoms with Crippen LogP contribution in [0.3, 0.4) is 0 Å². The molecule has 0 spiro atoms. The Bertz CT molecular complexity index is 640. The van der Waals surface area contributed by atoms with Crippen LogP contribution in [-0.4, -0.2) is 47.0 Å². The van der Waals surface area contributed by atoms with E-state index in [1.54, 1.807) is 6.20 Å². The van der Waals surface area contributed by atoms with Crippen LogP contribution in [0.25, 0.3) is 10.8 Å². The van der Waals surface area contributed by atoms with Crippen LogP contribution in [0.15, 0.2) is 35.6 Å². The first kappa shape index (κ1) is 12.6. The fraction of sp³-hybridized carbons (Fsp3) is 0.308. The first-order chi connectivity index (χ1) is 9.79. The number of rotatable bonds is 2. The molecule has 1 atom stereocenters. The Hall–Kier alpha value is -2.41. The summed E-state index contributed by atoms with van der Waals surface area (Å²) in [6.07, 6.45) is 1.30. The number of hydrogen-bond acceptors (Lipinski definition) is 6. The van der Waals surface area contributed by atoms with Crippen molar-refractivity contribution in [1.82, 2.24) is 10.2 Å². The van der Waals surface area contributed by atoms with Gasteiger partial charge in [-0.25, -0.2) is 0 Å². The van der Waals surface area contributed by atoms with Gasteiger partial charge in [-0.1, -0.05) is 29.4 Å². The van der Waals surface area contributed by atoms with Gasteiger partial charge in [0.05, 0.1) is 19.3 Å². The van der Waals surface area contributed by atoms with Gasteiger partial charge < -0.3 is 20.6 Å². The van der Waals surface area contributed by atoms with Crippen molar-refractivity contribution in [1.29, 1.82) is 0 Å². The number of amidine groups is 1. The monoisotopic (exact) mass is 273 g/mol. The summed E-state index contributed by atoms with van der Waals surface area (Å²) in [5, 5.41) is 22.1. The Balaban J connectivity index is 1.95. The predicted octanol–water partition coefficient (Wildman–Crippen LogP) is 0.581. The largest absolute Gasteiger partial charge is 0.409 e. The quantitative estimate of drug-likeness (QED) is 0.359. The van der Waals surface area contributed by atoms with E-state index in [2.05, 4.69) is 15.4 Å². The molecule has 104 valence electrons. The summed E-state index contributed by atoms with van der Waals surface area (Å²) in [6, 6.07) is 7.93. The maximum absolute atomic E-state index is 8.75. The molecule has 0 amide bonds. The fourth-order valence-electron chi connectivity index (χ4n) is 2.33. The zero-order valence-corrected chi connectivity index (χ0v) is 10.8. The molecule has 1 aliphatic heterocycles. The van der Waals surface area contributed by atoms with Gasteiger partial charge in [-0.3, -0.25) is 0 Å². The van der Waals surface area contributed by atoms with Crippen molar-refractivity contribution in [3.8, 4) is 0 Å². The van der Waals surface area contributed by atoms with E-state index in [0.29, 0.717) is 19.7 Å². The molecule has 3 rings (SSSR count). The lowest BCUT2D eigenvalue weighted by Crippen LogP contribution is -2.49. The molecule has 0 bridgehead atoms. The molecule has 1 aliphatic rings. The van der Waals surface area contributed by atoms with E-state index in [9.17, 15) is 0 Å². The Morgan fingerprint density at radius 1 is 1.45 bits per heavy atom. The molecule has 3 N–H and O–H groups in total. The van der Waals surface area contributed by atoms with Gasteiger partial charge in [0.2, 0.25) is 0 Å². The van der Waals surface area contributed by atoms with E-state index in [4.69, 9.17) is 15.7 Å². The number of oxime groups is 1. The smallest absolute Gasteiger partial charge is 0.170 e. The van der Waals surface area contributed by atoms with E-state index in [-0.39, 0.29) is 5.84 Å². The Morgan fingerprint density at radius 2 is 2.30 bits per heavy atom. The summed E-state index contributed by atoms with van der Waals surface area (Å²) >= 11 is 0. The Labute approximate surface area is 115 Å². The lowest BCUT2D eigenvalue weighted by atomic mass is 10.1. The molecule has 20 heavy (non-hydrogen) atoms. The normalized spacial score (nSPS) is 20.3. The topological polar surface area (TPSA) is 96.9 Å². The van der Waals surface area contributed by atoms with Crippen LogP contribution in [-0.2, 0) is 4.74 Å². The summed E-state index contributed by atoms with van der Waals surface area (Å²) in [4.78, 5) is 2.04. The van der Waals surface area contributed by atoms with E-state index >= 15 is 0 Å². The van der Waals surface area contributed by atoms with E-state index in [1.807, 2.05) is 29.2 Å². The number of hydrogen-bond donors (Lipinski definition) is 2. The third-order valence-corrected chi connectivity index (χ3v) is 3.36. The van der Waals surface area contributed by atoms with Gasteiger partial charge in [-0.2, -0.15) is 5.10 Å². The lowest BCUT2D eigenvalue weighted by molar-refractivity contribution is 0.0804. The van der Waals surface area contributed by atoms with Crippen molar-refractivity contribution in [3.63, 3.8) is 0 Å². The minimum absolute atomic E-state index is 0.0721. The van der Waals surface area contributed by atoms with Crippen LogP contribution in [0.4, 0.5) is 5.82 Å². The number of nitrogens with zero attached hydrogens (tertiary/aromatic N) is 4. The number of morpholine rings is 1. The molecule has 0 radical (unpaired) electrons. The highest BCUT2D eigenvalue weighted by Gasteiger charge is 2.25. The predicted molar refractivity (Wildman–Crippen MR) is 74.9 cm³/mol. The molecular weight excluding hydrogens is 258 g/mol. The summed E-state index contributed by atoms with van der Waals surface area (Å²) in [5.41, 5.74) is 5.61. The van der Waals surface area contributed by atoms with Crippen molar-refractivity contribution in [2.45, 2.75) is 6.10 Å². The van der Waals surface area contributed by atoms with Crippen LogP contribution in [0.2, 0.25) is 0 Å². The summed E-state index contributed by atoms with van der Waals surface area (Å²) in [7, 11) is 0. The summed E-state index contributed by atoms with van der Waals surface area (Å²) < 4.78 is 5.49. The molecule has 0 aliphatic carbocycles. The van der Waals surface area contributed by atoms with Crippen LogP contribution in [0.5, 0.6) is 0 Å². The van der Waals surface area contributed by atoms with Crippen LogP contribution >= 0.6 is 0 Å². The first-order valence-electron chi connectivity index (χ1n) is 6.34. The molecule has 1 aromatic heterocycles. The molecule has 2 heterocycles. The number of benzene rings is 1. The van der Waals surface area contributed by atoms with Gasteiger partial charge in [0, 0.05) is 17.3 Å². The molecule has 1 aromatic carbocycles. The highest BCUT2D eigenvalue weighted by atomic mass is 16.5. The maximum atomic E-state index is 8.75. The Kier molecular flexibility index (Phi) is 3.34. The Morgan fingerprint density at radius 3 is 3.15 bits per heavy atom. The minimum Gasteiger partial charge on any atom is -0.409 e. The number of fused-ring (bicyclic) bond motifs is 1. The van der Waals surface area contributed by atoms with Gasteiger partial charge >= 0.3 is 0 Å². The fourth-order valence-corrected chi connectivity index (χ4v) is 2.33. The van der Waals surface area contributed by atoms with Crippen molar-refractivity contribution in [2.24, 2.45) is 10.9 Å². The van der Waals surface area contributed by atoms with Crippen molar-refractivity contribution < 1.29 is 9.94 Å². The van der Waals surface area contributed by atoms with E-state index < -0.39 is 6.10 Å². The third-order valence-electron chi connectivity index (χ3n) is 3.36. The maximum Gasteiger partial charge on any atom is 0.170 e. The van der Waals surface area contributed by atoms with Crippen molar-refractivity contribution >= 4 is 22.4 Å². The average molecular weight is 273 g/mol. The first-order valence-corrected chi connectivity index (χ1v) is 6.34. The molecule has 1 fully saturated rings. The van der Waals surface area contributed by atoms with Crippen molar-refractivity contribution in [2.75, 3.05) is 24.6 Å². The second-order valence-corrected chi connectivity index (χ2v) is 4.59. The molecule has 1 unspecified atom stereocenters. The van der Waals surface area contributed by atoms with Crippen LogP contribution in [0, 0.1) is 0 Å². The molecule has 2 aromatic rings. The third kappa shape index (κ3) is 2.23. The van der Waals surface area contributed by atoms with Gasteiger partial charge in [0.1, 0.15) is 6.10 Å². The van der Waals surface area contributed by atoms with Gasteiger partial charge in [-0.15, -0.1) is 5.10 Å². The van der Waals surface area contributed by atoms with E-state index in [1.165, 1.54) is 0 Å². The van der Waals surface area contributed by atoms with Crippen LogP contribution < -0.4 is 10.6 Å². The number of nitrogens with two attached hydrogens (primary N) is 1. The molecule has 7 nitrogen and oxygen atoms in total. The summed E-state index contributed by atoms with van der Waals surface area (Å²) in [5.74, 6) is 0.866. The second kappa shape index (κ2) is 5.30. The van der Waals surface area contributed by atoms with Gasteiger partial charge in [-0.05, 0) is 0 Å². The zero-order valence-electron chi connectivity index (χ0n) is 10.8. The summed E-state index contributed by atoms with van der Waals surface area (Å²) in [6.45, 7) is 1.67. The zero-order chi connectivity index (χ0) is 13.9. The average Bonchev–Trinajstić information content (AvgIpc) is 2.53. The molecule has 0 saturated carbocycles. The second-order valence-electron chi connectivity index (χ2n) is 4.59. The lowest BCUT2D eigenvalue weighted by Gasteiger charge is -2.33. The van der Waals surface area contributed by atoms with Gasteiger partial charge in [0.25, 0.3) is 0 Å². The van der Waals surface area contributed by atoms with Crippen molar-refractivity contribution in [3.05, 3.63) is 30.5 Å². The standard InChI is InChI=1S/C13H15N5O2/c14-12(17-19)11-8-18(5-6-20-11)13-10-4-2-1-3-9(10)7-15-16-13/h1-4,7,11,19H,5-6,8H2,(H2,14,17). The highest BCUT2D eigenvalue weighted by molar-refractivity contribution is 5.92. The molecular formula is C13H15N5O2. The number of ether oxygens (including phenoxy) is 1. The van der Waals surface area contributed by atoms with E-state index in [0.717, 1.165) is 16.6 Å².